The average molecular weight is 321 g/mol. The molecular weight excluding hydrogens is 302 g/mol. The van der Waals surface area contributed by atoms with Crippen LogP contribution in [0.4, 0.5) is 4.79 Å². The number of amides is 2. The highest BCUT2D eigenvalue weighted by Gasteiger charge is 2.08. The van der Waals surface area contributed by atoms with Crippen molar-refractivity contribution in [3.8, 4) is 11.3 Å². The highest BCUT2D eigenvalue weighted by Crippen LogP contribution is 2.18. The van der Waals surface area contributed by atoms with Gasteiger partial charge in [-0.15, -0.1) is 0 Å². The molecule has 6 heteroatoms. The zero-order valence-electron chi connectivity index (χ0n) is 13.4. The molecule has 2 amide bonds. The van der Waals surface area contributed by atoms with Crippen molar-refractivity contribution in [2.24, 2.45) is 7.05 Å². The lowest BCUT2D eigenvalue weighted by Gasteiger charge is -2.06. The highest BCUT2D eigenvalue weighted by molar-refractivity contribution is 5.73. The van der Waals surface area contributed by atoms with Crippen molar-refractivity contribution in [1.82, 2.24) is 25.4 Å². The standard InChI is InChI=1S/C18H19N5O/c1-23-17(15-7-9-19-10-8-15)11-16(22-23)13-21-18(24)20-12-14-5-3-2-4-6-14/h2-11H,12-13H2,1H3,(H2,20,21,24). The predicted octanol–water partition coefficient (Wildman–Crippen LogP) is 2.48. The summed E-state index contributed by atoms with van der Waals surface area (Å²) in [6.45, 7) is 0.872. The van der Waals surface area contributed by atoms with E-state index in [0.29, 0.717) is 13.1 Å². The second-order valence-corrected chi connectivity index (χ2v) is 5.40. The number of urea groups is 1. The van der Waals surface area contributed by atoms with Gasteiger partial charge in [-0.25, -0.2) is 4.79 Å². The number of benzene rings is 1. The Bertz CT molecular complexity index is 799. The van der Waals surface area contributed by atoms with Gasteiger partial charge in [0.2, 0.25) is 0 Å². The van der Waals surface area contributed by atoms with Crippen molar-refractivity contribution in [3.05, 3.63) is 72.2 Å². The first-order valence-corrected chi connectivity index (χ1v) is 7.71. The van der Waals surface area contributed by atoms with E-state index in [1.165, 1.54) is 0 Å². The Hall–Kier alpha value is -3.15. The molecule has 3 rings (SSSR count). The molecule has 2 aromatic heterocycles. The second-order valence-electron chi connectivity index (χ2n) is 5.40. The molecule has 0 saturated heterocycles. The van der Waals surface area contributed by atoms with E-state index in [1.807, 2.05) is 55.6 Å². The van der Waals surface area contributed by atoms with Crippen LogP contribution in [-0.4, -0.2) is 20.8 Å². The number of carbonyl (C=O) groups is 1. The fourth-order valence-electron chi connectivity index (χ4n) is 2.42. The third kappa shape index (κ3) is 3.98. The Balaban J connectivity index is 1.54. The highest BCUT2D eigenvalue weighted by atomic mass is 16.2. The maximum Gasteiger partial charge on any atom is 0.315 e. The second kappa shape index (κ2) is 7.41. The van der Waals surface area contributed by atoms with E-state index in [2.05, 4.69) is 20.7 Å². The van der Waals surface area contributed by atoms with Crippen LogP contribution in [0.25, 0.3) is 11.3 Å². The third-order valence-corrected chi connectivity index (χ3v) is 3.63. The molecule has 3 aromatic rings. The third-order valence-electron chi connectivity index (χ3n) is 3.63. The van der Waals surface area contributed by atoms with Crippen molar-refractivity contribution >= 4 is 6.03 Å². The molecule has 6 nitrogen and oxygen atoms in total. The van der Waals surface area contributed by atoms with Crippen LogP contribution in [0.3, 0.4) is 0 Å². The summed E-state index contributed by atoms with van der Waals surface area (Å²) in [5.41, 5.74) is 3.89. The minimum Gasteiger partial charge on any atom is -0.334 e. The van der Waals surface area contributed by atoms with Crippen LogP contribution >= 0.6 is 0 Å². The summed E-state index contributed by atoms with van der Waals surface area (Å²) in [4.78, 5) is 15.9. The molecule has 0 bridgehead atoms. The molecule has 0 atom stereocenters. The van der Waals surface area contributed by atoms with Gasteiger partial charge in [-0.1, -0.05) is 30.3 Å². The van der Waals surface area contributed by atoms with Gasteiger partial charge in [0.05, 0.1) is 17.9 Å². The zero-order chi connectivity index (χ0) is 16.8. The molecule has 0 saturated carbocycles. The summed E-state index contributed by atoms with van der Waals surface area (Å²) in [5, 5.41) is 10.1. The quantitative estimate of drug-likeness (QED) is 0.758. The van der Waals surface area contributed by atoms with Crippen LogP contribution < -0.4 is 10.6 Å². The van der Waals surface area contributed by atoms with Crippen LogP contribution in [-0.2, 0) is 20.1 Å². The number of nitrogens with one attached hydrogen (secondary N) is 2. The summed E-state index contributed by atoms with van der Waals surface area (Å²) in [7, 11) is 1.88. The molecule has 1 aromatic carbocycles. The van der Waals surface area contributed by atoms with Crippen LogP contribution in [0.1, 0.15) is 11.3 Å². The summed E-state index contributed by atoms with van der Waals surface area (Å²) < 4.78 is 1.80. The van der Waals surface area contributed by atoms with Crippen LogP contribution in [0.5, 0.6) is 0 Å². The Kier molecular flexibility index (Phi) is 4.86. The van der Waals surface area contributed by atoms with Gasteiger partial charge in [-0.05, 0) is 23.8 Å². The molecule has 0 unspecified atom stereocenters. The number of aryl methyl sites for hydroxylation is 1. The fourth-order valence-corrected chi connectivity index (χ4v) is 2.42. The van der Waals surface area contributed by atoms with E-state index in [4.69, 9.17) is 0 Å². The average Bonchev–Trinajstić information content (AvgIpc) is 3.00. The molecule has 2 heterocycles. The van der Waals surface area contributed by atoms with Crippen LogP contribution in [0, 0.1) is 0 Å². The van der Waals surface area contributed by atoms with Gasteiger partial charge in [0.1, 0.15) is 0 Å². The van der Waals surface area contributed by atoms with E-state index in [1.54, 1.807) is 17.1 Å². The SMILES string of the molecule is Cn1nc(CNC(=O)NCc2ccccc2)cc1-c1ccncc1. The van der Waals surface area contributed by atoms with Crippen molar-refractivity contribution in [3.63, 3.8) is 0 Å². The molecular formula is C18H19N5O. The number of hydrogen-bond acceptors (Lipinski definition) is 3. The van der Waals surface area contributed by atoms with Crippen molar-refractivity contribution in [2.75, 3.05) is 0 Å². The van der Waals surface area contributed by atoms with Crippen LogP contribution in [0.2, 0.25) is 0 Å². The molecule has 0 aliphatic carbocycles. The summed E-state index contributed by atoms with van der Waals surface area (Å²) >= 11 is 0. The number of pyridine rings is 1. The molecule has 0 radical (unpaired) electrons. The van der Waals surface area contributed by atoms with E-state index in [0.717, 1.165) is 22.5 Å². The van der Waals surface area contributed by atoms with E-state index >= 15 is 0 Å². The monoisotopic (exact) mass is 321 g/mol. The van der Waals surface area contributed by atoms with Gasteiger partial charge >= 0.3 is 6.03 Å². The lowest BCUT2D eigenvalue weighted by atomic mass is 10.2. The predicted molar refractivity (Wildman–Crippen MR) is 92.0 cm³/mol. The lowest BCUT2D eigenvalue weighted by Crippen LogP contribution is -2.34. The molecule has 0 spiro atoms. The Morgan fingerprint density at radius 1 is 1.04 bits per heavy atom. The first kappa shape index (κ1) is 15.7. The van der Waals surface area contributed by atoms with Gasteiger partial charge in [0.15, 0.2) is 0 Å². The van der Waals surface area contributed by atoms with Gasteiger partial charge in [0.25, 0.3) is 0 Å². The first-order valence-electron chi connectivity index (χ1n) is 7.71. The minimum atomic E-state index is -0.213. The maximum absolute atomic E-state index is 11.9. The Morgan fingerprint density at radius 2 is 1.75 bits per heavy atom. The van der Waals surface area contributed by atoms with Gasteiger partial charge in [-0.2, -0.15) is 5.10 Å². The van der Waals surface area contributed by atoms with Gasteiger partial charge < -0.3 is 10.6 Å². The van der Waals surface area contributed by atoms with Gasteiger partial charge in [0, 0.05) is 31.5 Å². The molecule has 24 heavy (non-hydrogen) atoms. The first-order chi connectivity index (χ1) is 11.7. The lowest BCUT2D eigenvalue weighted by molar-refractivity contribution is 0.240. The van der Waals surface area contributed by atoms with E-state index < -0.39 is 0 Å². The van der Waals surface area contributed by atoms with E-state index in [9.17, 15) is 4.79 Å². The Morgan fingerprint density at radius 3 is 2.50 bits per heavy atom. The Labute approximate surface area is 140 Å². The minimum absolute atomic E-state index is 0.213. The van der Waals surface area contributed by atoms with Crippen molar-refractivity contribution < 1.29 is 4.79 Å². The van der Waals surface area contributed by atoms with Crippen LogP contribution in [0.15, 0.2) is 60.9 Å². The number of carbonyl (C=O) groups excluding carboxylic acids is 1. The van der Waals surface area contributed by atoms with Crippen molar-refractivity contribution in [2.45, 2.75) is 13.1 Å². The fraction of sp³-hybridized carbons (Fsp3) is 0.167. The topological polar surface area (TPSA) is 71.8 Å². The summed E-state index contributed by atoms with van der Waals surface area (Å²) in [6.07, 6.45) is 3.49. The summed E-state index contributed by atoms with van der Waals surface area (Å²) in [6, 6.07) is 15.4. The molecule has 0 aliphatic rings. The molecule has 0 aliphatic heterocycles. The molecule has 2 N–H and O–H groups in total. The van der Waals surface area contributed by atoms with Gasteiger partial charge in [-0.3, -0.25) is 9.67 Å². The largest absolute Gasteiger partial charge is 0.334 e. The maximum atomic E-state index is 11.9. The molecule has 122 valence electrons. The number of hydrogen-bond donors (Lipinski definition) is 2. The smallest absolute Gasteiger partial charge is 0.315 e. The molecule has 0 fully saturated rings. The summed E-state index contributed by atoms with van der Waals surface area (Å²) in [5.74, 6) is 0. The number of aromatic nitrogens is 3. The number of rotatable bonds is 5. The zero-order valence-corrected chi connectivity index (χ0v) is 13.4. The number of nitrogens with zero attached hydrogens (tertiary/aromatic N) is 3. The van der Waals surface area contributed by atoms with E-state index in [-0.39, 0.29) is 6.03 Å². The van der Waals surface area contributed by atoms with Crippen molar-refractivity contribution in [1.29, 1.82) is 0 Å². The normalized spacial score (nSPS) is 10.4.